The molecular weight excluding hydrogens is 292 g/mol. The van der Waals surface area contributed by atoms with E-state index in [0.717, 1.165) is 19.3 Å². The summed E-state index contributed by atoms with van der Waals surface area (Å²) in [4.78, 5) is 24.9. The Hall–Kier alpha value is -2.21. The number of carbonyl (C=O) groups is 1. The van der Waals surface area contributed by atoms with Gasteiger partial charge < -0.3 is 10.6 Å². The Kier molecular flexibility index (Phi) is 6.29. The van der Waals surface area contributed by atoms with E-state index in [-0.39, 0.29) is 11.5 Å². The van der Waals surface area contributed by atoms with Gasteiger partial charge in [-0.2, -0.15) is 5.10 Å². The molecule has 0 unspecified atom stereocenters. The quantitative estimate of drug-likeness (QED) is 0.724. The molecule has 2 aromatic rings. The Bertz CT molecular complexity index is 724. The molecule has 0 aliphatic heterocycles. The first-order chi connectivity index (χ1) is 11.2. The highest BCUT2D eigenvalue weighted by atomic mass is 16.2. The van der Waals surface area contributed by atoms with Gasteiger partial charge in [0.1, 0.15) is 0 Å². The Morgan fingerprint density at radius 1 is 1.17 bits per heavy atom. The van der Waals surface area contributed by atoms with Crippen LogP contribution in [0.3, 0.4) is 0 Å². The number of nitrogens with one attached hydrogen (secondary N) is 2. The zero-order valence-electron chi connectivity index (χ0n) is 13.8. The molecule has 1 aromatic carbocycles. The Morgan fingerprint density at radius 2 is 1.91 bits per heavy atom. The van der Waals surface area contributed by atoms with Gasteiger partial charge in [0.15, 0.2) is 5.69 Å². The minimum atomic E-state index is -0.249. The number of rotatable bonds is 8. The molecule has 0 saturated heterocycles. The number of unbranched alkanes of at least 4 members (excludes halogenated alkanes) is 2. The first kappa shape index (κ1) is 17.1. The highest BCUT2D eigenvalue weighted by Crippen LogP contribution is 2.13. The summed E-state index contributed by atoms with van der Waals surface area (Å²) < 4.78 is 1.42. The summed E-state index contributed by atoms with van der Waals surface area (Å²) in [6.45, 7) is 3.84. The van der Waals surface area contributed by atoms with E-state index in [2.05, 4.69) is 22.7 Å². The molecule has 124 valence electrons. The Balaban J connectivity index is 2.39. The van der Waals surface area contributed by atoms with Gasteiger partial charge >= 0.3 is 0 Å². The number of nitrogens with zero attached hydrogens (tertiary/aromatic N) is 2. The van der Waals surface area contributed by atoms with E-state index < -0.39 is 0 Å². The van der Waals surface area contributed by atoms with E-state index in [1.807, 2.05) is 19.2 Å². The minimum Gasteiger partial charge on any atom is -0.349 e. The van der Waals surface area contributed by atoms with Crippen molar-refractivity contribution in [3.05, 3.63) is 40.3 Å². The lowest BCUT2D eigenvalue weighted by Crippen LogP contribution is -2.33. The van der Waals surface area contributed by atoms with Crippen molar-refractivity contribution < 1.29 is 4.79 Å². The number of hydrogen-bond acceptors (Lipinski definition) is 4. The van der Waals surface area contributed by atoms with Crippen molar-refractivity contribution in [2.24, 2.45) is 0 Å². The minimum absolute atomic E-state index is 0.136. The maximum atomic E-state index is 12.5. The summed E-state index contributed by atoms with van der Waals surface area (Å²) in [5, 5.41) is 11.3. The fourth-order valence-electron chi connectivity index (χ4n) is 2.45. The standard InChI is InChI=1S/C17H24N4O2/c1-3-4-7-12-21-17(23)14-9-6-5-8-13(14)15(20-21)16(22)19-11-10-18-2/h5-6,8-9,18H,3-4,7,10-12H2,1-2H3,(H,19,22). The van der Waals surface area contributed by atoms with Gasteiger partial charge in [-0.05, 0) is 19.5 Å². The van der Waals surface area contributed by atoms with E-state index in [4.69, 9.17) is 0 Å². The third-order valence-corrected chi connectivity index (χ3v) is 3.72. The third-order valence-electron chi connectivity index (χ3n) is 3.72. The molecule has 0 bridgehead atoms. The molecule has 2 N–H and O–H groups in total. The highest BCUT2D eigenvalue weighted by Gasteiger charge is 2.15. The molecule has 23 heavy (non-hydrogen) atoms. The van der Waals surface area contributed by atoms with Crippen LogP contribution in [-0.2, 0) is 6.54 Å². The molecular formula is C17H24N4O2. The van der Waals surface area contributed by atoms with Gasteiger partial charge in [0.05, 0.1) is 5.39 Å². The number of benzene rings is 1. The monoisotopic (exact) mass is 316 g/mol. The van der Waals surface area contributed by atoms with Gasteiger partial charge in [0.2, 0.25) is 0 Å². The summed E-state index contributed by atoms with van der Waals surface area (Å²) in [5.41, 5.74) is 0.177. The van der Waals surface area contributed by atoms with E-state index in [0.29, 0.717) is 36.1 Å². The van der Waals surface area contributed by atoms with Crippen LogP contribution in [0, 0.1) is 0 Å². The topological polar surface area (TPSA) is 76.0 Å². The number of aromatic nitrogens is 2. The maximum Gasteiger partial charge on any atom is 0.274 e. The average Bonchev–Trinajstić information content (AvgIpc) is 2.57. The smallest absolute Gasteiger partial charge is 0.274 e. The molecule has 6 nitrogen and oxygen atoms in total. The van der Waals surface area contributed by atoms with Crippen LogP contribution in [-0.4, -0.2) is 35.8 Å². The van der Waals surface area contributed by atoms with Gasteiger partial charge in [-0.3, -0.25) is 9.59 Å². The number of amides is 1. The lowest BCUT2D eigenvalue weighted by molar-refractivity contribution is 0.0948. The van der Waals surface area contributed by atoms with Crippen LogP contribution < -0.4 is 16.2 Å². The van der Waals surface area contributed by atoms with Crippen molar-refractivity contribution in [3.8, 4) is 0 Å². The molecule has 0 spiro atoms. The SMILES string of the molecule is CCCCCn1nc(C(=O)NCCNC)c2ccccc2c1=O. The fraction of sp³-hybridized carbons (Fsp3) is 0.471. The molecule has 0 atom stereocenters. The molecule has 0 fully saturated rings. The van der Waals surface area contributed by atoms with Crippen molar-refractivity contribution in [1.82, 2.24) is 20.4 Å². The van der Waals surface area contributed by atoms with E-state index in [1.54, 1.807) is 12.1 Å². The van der Waals surface area contributed by atoms with Crippen molar-refractivity contribution in [3.63, 3.8) is 0 Å². The first-order valence-corrected chi connectivity index (χ1v) is 8.11. The molecule has 0 radical (unpaired) electrons. The Morgan fingerprint density at radius 3 is 2.61 bits per heavy atom. The van der Waals surface area contributed by atoms with Gasteiger partial charge in [-0.25, -0.2) is 4.68 Å². The normalized spacial score (nSPS) is 10.9. The zero-order chi connectivity index (χ0) is 16.7. The average molecular weight is 316 g/mol. The lowest BCUT2D eigenvalue weighted by atomic mass is 10.1. The van der Waals surface area contributed by atoms with E-state index >= 15 is 0 Å². The maximum absolute atomic E-state index is 12.5. The molecule has 1 amide bonds. The predicted octanol–water partition coefficient (Wildman–Crippen LogP) is 1.54. The summed E-state index contributed by atoms with van der Waals surface area (Å²) in [6, 6.07) is 7.14. The molecule has 0 aliphatic carbocycles. The number of hydrogen-bond donors (Lipinski definition) is 2. The van der Waals surface area contributed by atoms with Crippen molar-refractivity contribution in [1.29, 1.82) is 0 Å². The zero-order valence-corrected chi connectivity index (χ0v) is 13.8. The largest absolute Gasteiger partial charge is 0.349 e. The van der Waals surface area contributed by atoms with Crippen molar-refractivity contribution in [2.75, 3.05) is 20.1 Å². The molecule has 2 rings (SSSR count). The van der Waals surface area contributed by atoms with Crippen LogP contribution in [0.5, 0.6) is 0 Å². The second kappa shape index (κ2) is 8.43. The van der Waals surface area contributed by atoms with Gasteiger partial charge in [-0.15, -0.1) is 0 Å². The van der Waals surface area contributed by atoms with Crippen molar-refractivity contribution >= 4 is 16.7 Å². The number of aryl methyl sites for hydroxylation is 1. The number of carbonyl (C=O) groups excluding carboxylic acids is 1. The first-order valence-electron chi connectivity index (χ1n) is 8.11. The second-order valence-electron chi connectivity index (χ2n) is 5.49. The van der Waals surface area contributed by atoms with Gasteiger partial charge in [0, 0.05) is 25.0 Å². The molecule has 0 saturated carbocycles. The number of fused-ring (bicyclic) bond motifs is 1. The van der Waals surface area contributed by atoms with Gasteiger partial charge in [0.25, 0.3) is 11.5 Å². The van der Waals surface area contributed by atoms with Crippen LogP contribution >= 0.6 is 0 Å². The fourth-order valence-corrected chi connectivity index (χ4v) is 2.45. The van der Waals surface area contributed by atoms with Crippen LogP contribution in [0.25, 0.3) is 10.8 Å². The lowest BCUT2D eigenvalue weighted by Gasteiger charge is -2.11. The molecule has 6 heteroatoms. The van der Waals surface area contributed by atoms with E-state index in [1.165, 1.54) is 4.68 Å². The second-order valence-corrected chi connectivity index (χ2v) is 5.49. The summed E-state index contributed by atoms with van der Waals surface area (Å²) >= 11 is 0. The third kappa shape index (κ3) is 4.16. The van der Waals surface area contributed by atoms with Crippen LogP contribution in [0.4, 0.5) is 0 Å². The predicted molar refractivity (Wildman–Crippen MR) is 91.8 cm³/mol. The van der Waals surface area contributed by atoms with Crippen LogP contribution in [0.15, 0.2) is 29.1 Å². The van der Waals surface area contributed by atoms with Crippen LogP contribution in [0.2, 0.25) is 0 Å². The molecule has 0 aliphatic rings. The van der Waals surface area contributed by atoms with Crippen LogP contribution in [0.1, 0.15) is 36.7 Å². The highest BCUT2D eigenvalue weighted by molar-refractivity contribution is 6.04. The Labute approximate surface area is 135 Å². The van der Waals surface area contributed by atoms with E-state index in [9.17, 15) is 9.59 Å². The van der Waals surface area contributed by atoms with Crippen molar-refractivity contribution in [2.45, 2.75) is 32.7 Å². The summed E-state index contributed by atoms with van der Waals surface area (Å²) in [5.74, 6) is -0.249. The van der Waals surface area contributed by atoms with Gasteiger partial charge in [-0.1, -0.05) is 38.0 Å². The molecule has 1 heterocycles. The summed E-state index contributed by atoms with van der Waals surface area (Å²) in [6.07, 6.45) is 2.98. The number of likely N-dealkylation sites (N-methyl/N-ethyl adjacent to an activating group) is 1. The summed E-state index contributed by atoms with van der Waals surface area (Å²) in [7, 11) is 1.83. The molecule has 1 aromatic heterocycles.